The fourth-order valence-corrected chi connectivity index (χ4v) is 1.75. The van der Waals surface area contributed by atoms with Gasteiger partial charge in [-0.15, -0.1) is 0 Å². The predicted octanol–water partition coefficient (Wildman–Crippen LogP) is 3.34. The minimum atomic E-state index is -0.540. The topological polar surface area (TPSA) is 81.1 Å². The number of nitrogens with one attached hydrogen (secondary N) is 2. The molecule has 7 nitrogen and oxygen atoms in total. The molecule has 2 N–H and O–H groups in total. The van der Waals surface area contributed by atoms with Crippen molar-refractivity contribution in [2.24, 2.45) is 0 Å². The molecule has 0 unspecified atom stereocenters. The molecule has 2 aromatic rings. The van der Waals surface area contributed by atoms with Crippen molar-refractivity contribution in [3.05, 3.63) is 42.9 Å². The summed E-state index contributed by atoms with van der Waals surface area (Å²) in [6, 6.07) is 3.54. The maximum atomic E-state index is 11.6. The smallest absolute Gasteiger partial charge is 0.413 e. The number of anilines is 2. The summed E-state index contributed by atoms with van der Waals surface area (Å²) in [6.45, 7) is 9.68. The van der Waals surface area contributed by atoms with Crippen LogP contribution in [0.5, 0.6) is 0 Å². The number of carbonyl (C=O) groups is 1. The van der Waals surface area contributed by atoms with Gasteiger partial charge in [0, 0.05) is 24.5 Å². The van der Waals surface area contributed by atoms with Gasteiger partial charge in [0.05, 0.1) is 18.1 Å². The lowest BCUT2D eigenvalue weighted by atomic mass is 10.2. The first-order chi connectivity index (χ1) is 10.9. The standard InChI is InChI=1S/C16H21N5O2/c1-5-21-11-12(9-19-21)8-17-13-6-7-14(18-10-13)20-15(22)23-16(2,3)4/h5-7,9-11,17H,1,8H2,2-4H3,(H,18,20,22). The van der Waals surface area contributed by atoms with Crippen LogP contribution < -0.4 is 10.6 Å². The number of nitrogens with zero attached hydrogens (tertiary/aromatic N) is 3. The Bertz CT molecular complexity index is 671. The van der Waals surface area contributed by atoms with E-state index in [0.717, 1.165) is 11.3 Å². The summed E-state index contributed by atoms with van der Waals surface area (Å²) in [5.41, 5.74) is 1.33. The third kappa shape index (κ3) is 5.46. The highest BCUT2D eigenvalue weighted by Gasteiger charge is 2.16. The van der Waals surface area contributed by atoms with Gasteiger partial charge in [-0.25, -0.2) is 14.5 Å². The Balaban J connectivity index is 1.86. The van der Waals surface area contributed by atoms with E-state index in [1.54, 1.807) is 29.3 Å². The Morgan fingerprint density at radius 2 is 2.17 bits per heavy atom. The van der Waals surface area contributed by atoms with Crippen LogP contribution in [-0.2, 0) is 11.3 Å². The molecule has 0 aliphatic rings. The fourth-order valence-electron chi connectivity index (χ4n) is 1.75. The molecule has 7 heteroatoms. The lowest BCUT2D eigenvalue weighted by Crippen LogP contribution is -2.27. The van der Waals surface area contributed by atoms with E-state index in [4.69, 9.17) is 4.74 Å². The van der Waals surface area contributed by atoms with Crippen LogP contribution in [0.1, 0.15) is 26.3 Å². The number of ether oxygens (including phenoxy) is 1. The highest BCUT2D eigenvalue weighted by atomic mass is 16.6. The summed E-state index contributed by atoms with van der Waals surface area (Å²) < 4.78 is 6.81. The van der Waals surface area contributed by atoms with Gasteiger partial charge in [0.25, 0.3) is 0 Å². The number of pyridine rings is 1. The zero-order valence-corrected chi connectivity index (χ0v) is 13.5. The molecule has 0 radical (unpaired) electrons. The van der Waals surface area contributed by atoms with Crippen molar-refractivity contribution >= 4 is 23.8 Å². The Kier molecular flexibility index (Phi) is 5.00. The summed E-state index contributed by atoms with van der Waals surface area (Å²) >= 11 is 0. The molecule has 0 atom stereocenters. The van der Waals surface area contributed by atoms with Crippen molar-refractivity contribution in [3.8, 4) is 0 Å². The van der Waals surface area contributed by atoms with E-state index < -0.39 is 11.7 Å². The molecule has 0 bridgehead atoms. The van der Waals surface area contributed by atoms with Crippen LogP contribution in [0.25, 0.3) is 6.20 Å². The Morgan fingerprint density at radius 3 is 2.74 bits per heavy atom. The number of aromatic nitrogens is 3. The van der Waals surface area contributed by atoms with E-state index >= 15 is 0 Å². The van der Waals surface area contributed by atoms with Crippen LogP contribution in [0.3, 0.4) is 0 Å². The second kappa shape index (κ2) is 6.95. The van der Waals surface area contributed by atoms with Gasteiger partial charge in [0.15, 0.2) is 0 Å². The molecule has 0 aliphatic carbocycles. The van der Waals surface area contributed by atoms with E-state index in [-0.39, 0.29) is 0 Å². The first-order valence-corrected chi connectivity index (χ1v) is 7.21. The lowest BCUT2D eigenvalue weighted by molar-refractivity contribution is 0.0635. The minimum Gasteiger partial charge on any atom is -0.444 e. The van der Waals surface area contributed by atoms with E-state index in [1.807, 2.05) is 33.0 Å². The van der Waals surface area contributed by atoms with E-state index in [0.29, 0.717) is 12.4 Å². The SMILES string of the molecule is C=Cn1cc(CNc2ccc(NC(=O)OC(C)(C)C)nc2)cn1. The first-order valence-electron chi connectivity index (χ1n) is 7.21. The molecule has 0 aliphatic heterocycles. The van der Waals surface area contributed by atoms with Gasteiger partial charge in [-0.3, -0.25) is 5.32 Å². The highest BCUT2D eigenvalue weighted by molar-refractivity contribution is 5.83. The molecule has 0 aromatic carbocycles. The maximum Gasteiger partial charge on any atom is 0.413 e. The molecule has 1 amide bonds. The van der Waals surface area contributed by atoms with Crippen molar-refractivity contribution < 1.29 is 9.53 Å². The summed E-state index contributed by atoms with van der Waals surface area (Å²) in [7, 11) is 0. The summed E-state index contributed by atoms with van der Waals surface area (Å²) in [4.78, 5) is 15.8. The number of rotatable bonds is 5. The average molecular weight is 315 g/mol. The summed E-state index contributed by atoms with van der Waals surface area (Å²) in [5, 5.41) is 9.91. The third-order valence-electron chi connectivity index (χ3n) is 2.73. The zero-order valence-electron chi connectivity index (χ0n) is 13.5. The molecule has 0 fully saturated rings. The fraction of sp³-hybridized carbons (Fsp3) is 0.312. The molecule has 0 spiro atoms. The van der Waals surface area contributed by atoms with Crippen molar-refractivity contribution in [2.75, 3.05) is 10.6 Å². The van der Waals surface area contributed by atoms with Crippen molar-refractivity contribution in [2.45, 2.75) is 32.9 Å². The van der Waals surface area contributed by atoms with Crippen molar-refractivity contribution in [1.29, 1.82) is 0 Å². The number of hydrogen-bond donors (Lipinski definition) is 2. The van der Waals surface area contributed by atoms with Gasteiger partial charge in [-0.05, 0) is 32.9 Å². The molecule has 0 saturated heterocycles. The average Bonchev–Trinajstić information content (AvgIpc) is 2.92. The van der Waals surface area contributed by atoms with Crippen LogP contribution in [0, 0.1) is 0 Å². The number of amides is 1. The van der Waals surface area contributed by atoms with Crippen molar-refractivity contribution in [1.82, 2.24) is 14.8 Å². The Labute approximate surface area is 135 Å². The van der Waals surface area contributed by atoms with Crippen LogP contribution in [0.2, 0.25) is 0 Å². The van der Waals surface area contributed by atoms with E-state index in [2.05, 4.69) is 27.3 Å². The number of carbonyl (C=O) groups excluding carboxylic acids is 1. The minimum absolute atomic E-state index is 0.435. The molecular formula is C16H21N5O2. The molecular weight excluding hydrogens is 294 g/mol. The van der Waals surface area contributed by atoms with Gasteiger partial charge >= 0.3 is 6.09 Å². The van der Waals surface area contributed by atoms with Gasteiger partial charge in [0.2, 0.25) is 0 Å². The van der Waals surface area contributed by atoms with Gasteiger partial charge in [-0.1, -0.05) is 6.58 Å². The van der Waals surface area contributed by atoms with Crippen LogP contribution in [0.4, 0.5) is 16.3 Å². The lowest BCUT2D eigenvalue weighted by Gasteiger charge is -2.19. The first kappa shape index (κ1) is 16.5. The monoisotopic (exact) mass is 315 g/mol. The normalized spacial score (nSPS) is 10.9. The molecule has 0 saturated carbocycles. The molecule has 2 aromatic heterocycles. The molecule has 122 valence electrons. The highest BCUT2D eigenvalue weighted by Crippen LogP contribution is 2.13. The van der Waals surface area contributed by atoms with Gasteiger partial charge in [-0.2, -0.15) is 5.10 Å². The van der Waals surface area contributed by atoms with Crippen LogP contribution >= 0.6 is 0 Å². The second-order valence-corrected chi connectivity index (χ2v) is 5.92. The third-order valence-corrected chi connectivity index (χ3v) is 2.73. The van der Waals surface area contributed by atoms with Crippen molar-refractivity contribution in [3.63, 3.8) is 0 Å². The largest absolute Gasteiger partial charge is 0.444 e. The maximum absolute atomic E-state index is 11.6. The van der Waals surface area contributed by atoms with E-state index in [9.17, 15) is 4.79 Å². The Morgan fingerprint density at radius 1 is 1.39 bits per heavy atom. The van der Waals surface area contributed by atoms with Crippen LogP contribution in [-0.4, -0.2) is 26.5 Å². The molecule has 2 heterocycles. The second-order valence-electron chi connectivity index (χ2n) is 5.92. The Hall–Kier alpha value is -2.83. The van der Waals surface area contributed by atoms with Crippen LogP contribution in [0.15, 0.2) is 37.3 Å². The molecule has 23 heavy (non-hydrogen) atoms. The summed E-state index contributed by atoms with van der Waals surface area (Å²) in [6.07, 6.45) is 6.39. The predicted molar refractivity (Wildman–Crippen MR) is 90.0 cm³/mol. The van der Waals surface area contributed by atoms with E-state index in [1.165, 1.54) is 0 Å². The van der Waals surface area contributed by atoms with Gasteiger partial charge < -0.3 is 10.1 Å². The number of hydrogen-bond acceptors (Lipinski definition) is 5. The quantitative estimate of drug-likeness (QED) is 0.884. The zero-order chi connectivity index (χ0) is 16.9. The van der Waals surface area contributed by atoms with Gasteiger partial charge in [0.1, 0.15) is 11.4 Å². The molecule has 2 rings (SSSR count). The summed E-state index contributed by atoms with van der Waals surface area (Å²) in [5.74, 6) is 0.435.